The second kappa shape index (κ2) is 10.5. The lowest BCUT2D eigenvalue weighted by molar-refractivity contribution is -0.120. The fourth-order valence-corrected chi connectivity index (χ4v) is 2.40. The number of nitrogens with zero attached hydrogens (tertiary/aromatic N) is 1. The average molecular weight is 415 g/mol. The van der Waals surface area contributed by atoms with Crippen LogP contribution in [0.3, 0.4) is 0 Å². The van der Waals surface area contributed by atoms with Crippen LogP contribution in [-0.2, 0) is 4.79 Å². The van der Waals surface area contributed by atoms with Crippen LogP contribution < -0.4 is 25.0 Å². The Morgan fingerprint density at radius 3 is 2.07 bits per heavy atom. The number of rotatable bonds is 9. The van der Waals surface area contributed by atoms with Crippen LogP contribution in [0.25, 0.3) is 0 Å². The van der Waals surface area contributed by atoms with Gasteiger partial charge in [0.05, 0.1) is 39.7 Å². The van der Waals surface area contributed by atoms with Crippen molar-refractivity contribution in [2.45, 2.75) is 0 Å². The van der Waals surface area contributed by atoms with E-state index in [-0.39, 0.29) is 17.7 Å². The van der Waals surface area contributed by atoms with Crippen LogP contribution in [0.2, 0.25) is 0 Å². The molecule has 0 saturated heterocycles. The maximum atomic E-state index is 12.3. The number of ether oxygens (including phenoxy) is 3. The van der Waals surface area contributed by atoms with Crippen LogP contribution in [0.1, 0.15) is 26.3 Å². The number of carboxylic acids is 1. The highest BCUT2D eigenvalue weighted by molar-refractivity contribution is 5.97. The largest absolute Gasteiger partial charge is 0.493 e. The van der Waals surface area contributed by atoms with Gasteiger partial charge in [-0.1, -0.05) is 12.1 Å². The highest BCUT2D eigenvalue weighted by atomic mass is 16.5. The second-order valence-corrected chi connectivity index (χ2v) is 5.82. The third kappa shape index (κ3) is 5.71. The van der Waals surface area contributed by atoms with E-state index in [1.165, 1.54) is 51.8 Å². The zero-order valence-electron chi connectivity index (χ0n) is 16.6. The summed E-state index contributed by atoms with van der Waals surface area (Å²) < 4.78 is 15.6. The molecule has 0 aliphatic carbocycles. The normalized spacial score (nSPS) is 10.4. The van der Waals surface area contributed by atoms with E-state index in [1.54, 1.807) is 12.1 Å². The van der Waals surface area contributed by atoms with Crippen molar-refractivity contribution >= 4 is 24.0 Å². The number of aromatic carboxylic acids is 1. The van der Waals surface area contributed by atoms with Crippen LogP contribution in [-0.4, -0.2) is 57.0 Å². The Kier molecular flexibility index (Phi) is 7.74. The van der Waals surface area contributed by atoms with Crippen molar-refractivity contribution in [1.82, 2.24) is 10.7 Å². The van der Waals surface area contributed by atoms with Gasteiger partial charge in [0.15, 0.2) is 11.5 Å². The monoisotopic (exact) mass is 415 g/mol. The molecule has 3 N–H and O–H groups in total. The summed E-state index contributed by atoms with van der Waals surface area (Å²) in [4.78, 5) is 35.0. The summed E-state index contributed by atoms with van der Waals surface area (Å²) in [7, 11) is 4.31. The zero-order chi connectivity index (χ0) is 22.1. The van der Waals surface area contributed by atoms with Gasteiger partial charge in [-0.3, -0.25) is 9.59 Å². The number of methoxy groups -OCH3 is 3. The van der Waals surface area contributed by atoms with E-state index in [9.17, 15) is 14.4 Å². The van der Waals surface area contributed by atoms with E-state index in [0.29, 0.717) is 22.8 Å². The maximum absolute atomic E-state index is 12.3. The van der Waals surface area contributed by atoms with Crippen LogP contribution >= 0.6 is 0 Å². The Morgan fingerprint density at radius 2 is 1.57 bits per heavy atom. The van der Waals surface area contributed by atoms with Gasteiger partial charge in [-0.05, 0) is 29.8 Å². The molecule has 0 aliphatic heterocycles. The quantitative estimate of drug-likeness (QED) is 0.415. The fourth-order valence-electron chi connectivity index (χ4n) is 2.40. The van der Waals surface area contributed by atoms with Gasteiger partial charge in [0.2, 0.25) is 5.75 Å². The first-order valence-electron chi connectivity index (χ1n) is 8.63. The number of hydrogen-bond acceptors (Lipinski definition) is 7. The van der Waals surface area contributed by atoms with Crippen LogP contribution in [0.15, 0.2) is 41.5 Å². The number of benzene rings is 2. The number of hydrazone groups is 1. The molecule has 158 valence electrons. The molecule has 0 atom stereocenters. The molecule has 0 aromatic heterocycles. The van der Waals surface area contributed by atoms with E-state index < -0.39 is 17.8 Å². The molecule has 10 nitrogen and oxygen atoms in total. The molecule has 0 heterocycles. The first-order valence-corrected chi connectivity index (χ1v) is 8.63. The summed E-state index contributed by atoms with van der Waals surface area (Å²) in [5.74, 6) is -1.13. The van der Waals surface area contributed by atoms with Crippen molar-refractivity contribution in [2.75, 3.05) is 27.9 Å². The smallest absolute Gasteiger partial charge is 0.335 e. The molecule has 0 aliphatic rings. The Balaban J connectivity index is 1.92. The molecule has 0 unspecified atom stereocenters. The summed E-state index contributed by atoms with van der Waals surface area (Å²) in [6.07, 6.45) is 1.35. The number of carbonyl (C=O) groups excluding carboxylic acids is 2. The number of carbonyl (C=O) groups is 3. The van der Waals surface area contributed by atoms with Crippen molar-refractivity contribution < 1.29 is 33.7 Å². The van der Waals surface area contributed by atoms with Gasteiger partial charge < -0.3 is 24.6 Å². The van der Waals surface area contributed by atoms with Crippen molar-refractivity contribution in [3.63, 3.8) is 0 Å². The maximum Gasteiger partial charge on any atom is 0.335 e. The van der Waals surface area contributed by atoms with Crippen molar-refractivity contribution in [3.8, 4) is 17.2 Å². The van der Waals surface area contributed by atoms with Crippen molar-refractivity contribution in [2.24, 2.45) is 5.10 Å². The fraction of sp³-hybridized carbons (Fsp3) is 0.200. The van der Waals surface area contributed by atoms with E-state index in [2.05, 4.69) is 15.8 Å². The van der Waals surface area contributed by atoms with Gasteiger partial charge in [0, 0.05) is 5.56 Å². The zero-order valence-corrected chi connectivity index (χ0v) is 16.6. The Bertz CT molecular complexity index is 930. The molecule has 0 spiro atoms. The van der Waals surface area contributed by atoms with Gasteiger partial charge in [0.1, 0.15) is 0 Å². The lowest BCUT2D eigenvalue weighted by Crippen LogP contribution is -2.34. The molecule has 0 saturated carbocycles. The lowest BCUT2D eigenvalue weighted by atomic mass is 10.1. The Morgan fingerprint density at radius 1 is 0.967 bits per heavy atom. The first kappa shape index (κ1) is 22.2. The van der Waals surface area contributed by atoms with Gasteiger partial charge in [-0.25, -0.2) is 10.2 Å². The third-order valence-corrected chi connectivity index (χ3v) is 3.90. The van der Waals surface area contributed by atoms with Gasteiger partial charge in [-0.2, -0.15) is 5.10 Å². The summed E-state index contributed by atoms with van der Waals surface area (Å²) in [5, 5.41) is 15.1. The van der Waals surface area contributed by atoms with Gasteiger partial charge in [-0.15, -0.1) is 0 Å². The highest BCUT2D eigenvalue weighted by Crippen LogP contribution is 2.38. The van der Waals surface area contributed by atoms with E-state index in [0.717, 1.165) is 0 Å². The Hall–Kier alpha value is -4.08. The van der Waals surface area contributed by atoms with Gasteiger partial charge in [0.25, 0.3) is 11.8 Å². The van der Waals surface area contributed by atoms with E-state index >= 15 is 0 Å². The van der Waals surface area contributed by atoms with Crippen molar-refractivity contribution in [1.29, 1.82) is 0 Å². The molecule has 0 radical (unpaired) electrons. The molecular weight excluding hydrogens is 394 g/mol. The summed E-state index contributed by atoms with van der Waals surface area (Å²) in [5.41, 5.74) is 3.23. The predicted octanol–water partition coefficient (Wildman–Crippen LogP) is 1.29. The summed E-state index contributed by atoms with van der Waals surface area (Å²) >= 11 is 0. The lowest BCUT2D eigenvalue weighted by Gasteiger charge is -2.14. The molecule has 2 rings (SSSR count). The number of amides is 2. The number of hydrogen-bond donors (Lipinski definition) is 3. The van der Waals surface area contributed by atoms with Crippen LogP contribution in [0.4, 0.5) is 0 Å². The van der Waals surface area contributed by atoms with E-state index in [4.69, 9.17) is 19.3 Å². The minimum atomic E-state index is -1.03. The molecular formula is C20H21N3O7. The highest BCUT2D eigenvalue weighted by Gasteiger charge is 2.17. The molecule has 2 amide bonds. The topological polar surface area (TPSA) is 136 Å². The third-order valence-electron chi connectivity index (χ3n) is 3.90. The average Bonchev–Trinajstić information content (AvgIpc) is 2.76. The molecule has 0 fully saturated rings. The predicted molar refractivity (Wildman–Crippen MR) is 108 cm³/mol. The number of nitrogens with one attached hydrogen (secondary N) is 2. The second-order valence-electron chi connectivity index (χ2n) is 5.82. The van der Waals surface area contributed by atoms with E-state index in [1.807, 2.05) is 0 Å². The summed E-state index contributed by atoms with van der Waals surface area (Å²) in [6.45, 7) is -0.315. The molecule has 10 heteroatoms. The standard InChI is InChI=1S/C20H21N3O7/c1-28-15-8-14(9-16(29-2)18(15)30-3)19(25)21-11-17(24)23-22-10-12-4-6-13(7-5-12)20(26)27/h4-10H,11H2,1-3H3,(H,21,25)(H,23,24)(H,26,27)/b22-10-. The Labute approximate surface area is 172 Å². The molecule has 2 aromatic rings. The van der Waals surface area contributed by atoms with Gasteiger partial charge >= 0.3 is 5.97 Å². The first-order chi connectivity index (χ1) is 14.4. The molecule has 0 bridgehead atoms. The minimum Gasteiger partial charge on any atom is -0.493 e. The minimum absolute atomic E-state index is 0.144. The van der Waals surface area contributed by atoms with Crippen LogP contribution in [0.5, 0.6) is 17.2 Å². The van der Waals surface area contributed by atoms with Crippen LogP contribution in [0, 0.1) is 0 Å². The SMILES string of the molecule is COc1cc(C(=O)NCC(=O)N/N=C\c2ccc(C(=O)O)cc2)cc(OC)c1OC. The molecule has 2 aromatic carbocycles. The number of carboxylic acid groups (broad SMARTS) is 1. The summed E-state index contributed by atoms with van der Waals surface area (Å²) in [6, 6.07) is 8.87. The van der Waals surface area contributed by atoms with Crippen molar-refractivity contribution in [3.05, 3.63) is 53.1 Å². The molecule has 30 heavy (non-hydrogen) atoms.